The molecule has 7 nitrogen and oxygen atoms in total. The molecule has 29 heavy (non-hydrogen) atoms. The second kappa shape index (κ2) is 7.67. The summed E-state index contributed by atoms with van der Waals surface area (Å²) in [4.78, 5) is 11.9. The molecule has 150 valence electrons. The van der Waals surface area contributed by atoms with Crippen LogP contribution in [0.2, 0.25) is 0 Å². The smallest absolute Gasteiger partial charge is 0.233 e. The Morgan fingerprint density at radius 3 is 2.90 bits per heavy atom. The number of hydrogen-bond donors (Lipinski definition) is 2. The lowest BCUT2D eigenvalue weighted by Crippen LogP contribution is -2.30. The lowest BCUT2D eigenvalue weighted by atomic mass is 9.94. The first-order valence-corrected chi connectivity index (χ1v) is 10.2. The predicted octanol–water partition coefficient (Wildman–Crippen LogP) is 2.58. The lowest BCUT2D eigenvalue weighted by Gasteiger charge is -2.30. The molecule has 2 N–H and O–H groups in total. The van der Waals surface area contributed by atoms with E-state index in [2.05, 4.69) is 63.1 Å². The molecular formula is C22H26N6O. The number of pyridine rings is 1. The highest BCUT2D eigenvalue weighted by molar-refractivity contribution is 5.64. The van der Waals surface area contributed by atoms with Gasteiger partial charge in [-0.25, -0.2) is 0 Å². The van der Waals surface area contributed by atoms with Crippen LogP contribution in [-0.4, -0.2) is 39.2 Å². The fourth-order valence-electron chi connectivity index (χ4n) is 4.38. The Hall–Kier alpha value is -2.61. The maximum absolute atomic E-state index is 5.64. The van der Waals surface area contributed by atoms with Crippen molar-refractivity contribution < 1.29 is 4.52 Å². The van der Waals surface area contributed by atoms with Gasteiger partial charge in [0, 0.05) is 49.7 Å². The Morgan fingerprint density at radius 2 is 2.10 bits per heavy atom. The predicted molar refractivity (Wildman–Crippen MR) is 110 cm³/mol. The van der Waals surface area contributed by atoms with Gasteiger partial charge in [-0.3, -0.25) is 20.7 Å². The number of fused-ring (bicyclic) bond motifs is 1. The van der Waals surface area contributed by atoms with Crippen LogP contribution in [0, 0.1) is 6.92 Å². The molecule has 3 aromatic rings. The van der Waals surface area contributed by atoms with E-state index in [1.165, 1.54) is 16.7 Å². The first-order valence-electron chi connectivity index (χ1n) is 10.2. The SMILES string of the molecule is Cc1ncc2c(c1-c1noc(C3CNNC3C)n1)CCN(Cc1ccccc1)C2. The Bertz CT molecular complexity index is 1000. The third kappa shape index (κ3) is 3.57. The summed E-state index contributed by atoms with van der Waals surface area (Å²) >= 11 is 0. The average molecular weight is 390 g/mol. The molecule has 0 spiro atoms. The third-order valence-corrected chi connectivity index (χ3v) is 6.02. The standard InChI is InChI=1S/C22H26N6O/c1-14-19(11-24-26-14)22-25-21(27-29-22)20-15(2)23-10-17-13-28(9-8-18(17)20)12-16-6-4-3-5-7-16/h3-7,10,14,19,24,26H,8-9,11-13H2,1-2H3. The summed E-state index contributed by atoms with van der Waals surface area (Å²) in [6.07, 6.45) is 2.98. The van der Waals surface area contributed by atoms with Crippen molar-refractivity contribution in [1.82, 2.24) is 30.9 Å². The van der Waals surface area contributed by atoms with E-state index in [9.17, 15) is 0 Å². The molecule has 0 bridgehead atoms. The van der Waals surface area contributed by atoms with Gasteiger partial charge in [0.25, 0.3) is 0 Å². The molecule has 2 aliphatic heterocycles. The minimum absolute atomic E-state index is 0.186. The molecular weight excluding hydrogens is 364 g/mol. The number of aryl methyl sites for hydroxylation is 1. The fourth-order valence-corrected chi connectivity index (χ4v) is 4.38. The molecule has 0 saturated carbocycles. The number of rotatable bonds is 4. The Kier molecular flexibility index (Phi) is 4.87. The molecule has 2 unspecified atom stereocenters. The molecule has 2 atom stereocenters. The first kappa shape index (κ1) is 18.4. The van der Waals surface area contributed by atoms with Crippen molar-refractivity contribution in [3.8, 4) is 11.4 Å². The maximum atomic E-state index is 5.64. The van der Waals surface area contributed by atoms with E-state index in [4.69, 9.17) is 9.51 Å². The average Bonchev–Trinajstić information content (AvgIpc) is 3.37. The zero-order valence-electron chi connectivity index (χ0n) is 16.9. The van der Waals surface area contributed by atoms with Crippen LogP contribution in [0.1, 0.15) is 41.1 Å². The second-order valence-corrected chi connectivity index (χ2v) is 8.05. The number of nitrogens with one attached hydrogen (secondary N) is 2. The van der Waals surface area contributed by atoms with Crippen molar-refractivity contribution in [2.24, 2.45) is 0 Å². The van der Waals surface area contributed by atoms with Crippen LogP contribution in [0.25, 0.3) is 11.4 Å². The number of benzene rings is 1. The van der Waals surface area contributed by atoms with Gasteiger partial charge in [0.05, 0.1) is 5.92 Å². The van der Waals surface area contributed by atoms with Crippen LogP contribution in [-0.2, 0) is 19.5 Å². The van der Waals surface area contributed by atoms with Crippen molar-refractivity contribution in [2.45, 2.75) is 45.3 Å². The van der Waals surface area contributed by atoms with Crippen LogP contribution < -0.4 is 10.9 Å². The minimum Gasteiger partial charge on any atom is -0.339 e. The maximum Gasteiger partial charge on any atom is 0.233 e. The lowest BCUT2D eigenvalue weighted by molar-refractivity contribution is 0.245. The molecule has 2 aromatic heterocycles. The molecule has 7 heteroatoms. The van der Waals surface area contributed by atoms with E-state index >= 15 is 0 Å². The van der Waals surface area contributed by atoms with E-state index in [1.54, 1.807) is 0 Å². The number of nitrogens with zero attached hydrogens (tertiary/aromatic N) is 4. The first-order chi connectivity index (χ1) is 14.2. The van der Waals surface area contributed by atoms with E-state index < -0.39 is 0 Å². The van der Waals surface area contributed by atoms with E-state index in [1.807, 2.05) is 13.1 Å². The second-order valence-electron chi connectivity index (χ2n) is 8.05. The molecule has 2 aliphatic rings. The molecule has 0 aliphatic carbocycles. The van der Waals surface area contributed by atoms with Gasteiger partial charge >= 0.3 is 0 Å². The summed E-state index contributed by atoms with van der Waals surface area (Å²) in [7, 11) is 0. The normalized spacial score (nSPS) is 22.0. The van der Waals surface area contributed by atoms with Crippen molar-refractivity contribution in [3.63, 3.8) is 0 Å². The Labute approximate surface area is 170 Å². The summed E-state index contributed by atoms with van der Waals surface area (Å²) < 4.78 is 5.64. The zero-order valence-corrected chi connectivity index (χ0v) is 16.9. The molecule has 1 aromatic carbocycles. The molecule has 1 saturated heterocycles. The van der Waals surface area contributed by atoms with Crippen molar-refractivity contribution in [2.75, 3.05) is 13.1 Å². The van der Waals surface area contributed by atoms with Gasteiger partial charge in [-0.15, -0.1) is 0 Å². The largest absolute Gasteiger partial charge is 0.339 e. The van der Waals surface area contributed by atoms with Crippen molar-refractivity contribution in [1.29, 1.82) is 0 Å². The van der Waals surface area contributed by atoms with Gasteiger partial charge in [0.2, 0.25) is 11.7 Å². The molecule has 0 amide bonds. The van der Waals surface area contributed by atoms with Crippen LogP contribution in [0.15, 0.2) is 41.1 Å². The Morgan fingerprint density at radius 1 is 1.24 bits per heavy atom. The van der Waals surface area contributed by atoms with Crippen LogP contribution in [0.5, 0.6) is 0 Å². The molecule has 1 fully saturated rings. The minimum atomic E-state index is 0.186. The van der Waals surface area contributed by atoms with Crippen molar-refractivity contribution in [3.05, 3.63) is 64.8 Å². The number of hydrazine groups is 1. The summed E-state index contributed by atoms with van der Waals surface area (Å²) in [5.41, 5.74) is 12.3. The van der Waals surface area contributed by atoms with Gasteiger partial charge in [-0.1, -0.05) is 35.5 Å². The summed E-state index contributed by atoms with van der Waals surface area (Å²) in [6.45, 7) is 7.80. The molecule has 5 rings (SSSR count). The summed E-state index contributed by atoms with van der Waals surface area (Å²) in [5.74, 6) is 1.53. The van der Waals surface area contributed by atoms with Gasteiger partial charge < -0.3 is 4.52 Å². The molecule has 4 heterocycles. The topological polar surface area (TPSA) is 79.1 Å². The highest BCUT2D eigenvalue weighted by atomic mass is 16.5. The van der Waals surface area contributed by atoms with Gasteiger partial charge in [-0.05, 0) is 37.0 Å². The van der Waals surface area contributed by atoms with Crippen LogP contribution in [0.4, 0.5) is 0 Å². The van der Waals surface area contributed by atoms with Gasteiger partial charge in [0.1, 0.15) is 0 Å². The summed E-state index contributed by atoms with van der Waals surface area (Å²) in [6, 6.07) is 10.9. The molecule has 0 radical (unpaired) electrons. The third-order valence-electron chi connectivity index (χ3n) is 6.02. The summed E-state index contributed by atoms with van der Waals surface area (Å²) in [5, 5.41) is 4.33. The van der Waals surface area contributed by atoms with Gasteiger partial charge in [0.15, 0.2) is 0 Å². The Balaban J connectivity index is 1.41. The van der Waals surface area contributed by atoms with Crippen LogP contribution >= 0.6 is 0 Å². The number of hydrogen-bond acceptors (Lipinski definition) is 7. The van der Waals surface area contributed by atoms with E-state index in [-0.39, 0.29) is 12.0 Å². The van der Waals surface area contributed by atoms with E-state index in [0.717, 1.165) is 43.9 Å². The zero-order chi connectivity index (χ0) is 19.8. The van der Waals surface area contributed by atoms with Crippen LogP contribution in [0.3, 0.4) is 0 Å². The monoisotopic (exact) mass is 390 g/mol. The fraction of sp³-hybridized carbons (Fsp3) is 0.409. The van der Waals surface area contributed by atoms with Gasteiger partial charge in [-0.2, -0.15) is 4.98 Å². The van der Waals surface area contributed by atoms with Crippen molar-refractivity contribution >= 4 is 0 Å². The highest BCUT2D eigenvalue weighted by Gasteiger charge is 2.31. The number of aromatic nitrogens is 3. The van der Waals surface area contributed by atoms with E-state index in [0.29, 0.717) is 11.7 Å². The quantitative estimate of drug-likeness (QED) is 0.709. The highest BCUT2D eigenvalue weighted by Crippen LogP contribution is 2.32.